The van der Waals surface area contributed by atoms with Crippen LogP contribution in [0.15, 0.2) is 18.2 Å². The van der Waals surface area contributed by atoms with E-state index >= 15 is 0 Å². The van der Waals surface area contributed by atoms with Gasteiger partial charge in [-0.15, -0.1) is 0 Å². The van der Waals surface area contributed by atoms with E-state index in [2.05, 4.69) is 0 Å². The molecule has 0 aliphatic heterocycles. The molecule has 66 valence electrons. The summed E-state index contributed by atoms with van der Waals surface area (Å²) in [6.45, 7) is 0. The molecule has 0 fully saturated rings. The Morgan fingerprint density at radius 1 is 1.31 bits per heavy atom. The number of anilines is 1. The molecular formula is C9H6F2N2. The fourth-order valence-electron chi connectivity index (χ4n) is 0.835. The number of nitrogens with zero attached hydrogens (tertiary/aromatic N) is 1. The van der Waals surface area contributed by atoms with Gasteiger partial charge in [0.05, 0.1) is 11.8 Å². The first kappa shape index (κ1) is 9.20. The number of benzene rings is 1. The summed E-state index contributed by atoms with van der Waals surface area (Å²) < 4.78 is 25.8. The van der Waals surface area contributed by atoms with Crippen LogP contribution in [0.1, 0.15) is 5.56 Å². The molecule has 0 spiro atoms. The van der Waals surface area contributed by atoms with Crippen LogP contribution in [-0.2, 0) is 0 Å². The molecular weight excluding hydrogens is 174 g/mol. The second kappa shape index (κ2) is 3.68. The number of allylic oxidation sites excluding steroid dienone is 1. The molecule has 13 heavy (non-hydrogen) atoms. The smallest absolute Gasteiger partial charge is 0.182 e. The average Bonchev–Trinajstić information content (AvgIpc) is 2.13. The molecule has 0 unspecified atom stereocenters. The molecule has 1 rings (SSSR count). The zero-order valence-corrected chi connectivity index (χ0v) is 6.59. The van der Waals surface area contributed by atoms with Crippen molar-refractivity contribution in [1.29, 1.82) is 5.26 Å². The van der Waals surface area contributed by atoms with Crippen LogP contribution in [0.2, 0.25) is 0 Å². The van der Waals surface area contributed by atoms with Gasteiger partial charge in [0.1, 0.15) is 0 Å². The highest BCUT2D eigenvalue weighted by atomic mass is 19.2. The van der Waals surface area contributed by atoms with E-state index in [4.69, 9.17) is 11.0 Å². The number of nitrogen functional groups attached to an aromatic ring is 1. The van der Waals surface area contributed by atoms with Crippen molar-refractivity contribution in [2.45, 2.75) is 0 Å². The van der Waals surface area contributed by atoms with E-state index in [1.165, 1.54) is 18.2 Å². The van der Waals surface area contributed by atoms with Gasteiger partial charge in [-0.3, -0.25) is 0 Å². The summed E-state index contributed by atoms with van der Waals surface area (Å²) in [5.74, 6) is -2.12. The van der Waals surface area contributed by atoms with E-state index in [9.17, 15) is 8.78 Å². The van der Waals surface area contributed by atoms with Gasteiger partial charge >= 0.3 is 0 Å². The Morgan fingerprint density at radius 3 is 2.62 bits per heavy atom. The number of halogens is 2. The first-order valence-electron chi connectivity index (χ1n) is 3.46. The van der Waals surface area contributed by atoms with Gasteiger partial charge in [0.15, 0.2) is 11.6 Å². The predicted octanol–water partition coefficient (Wildman–Crippen LogP) is 2.08. The van der Waals surface area contributed by atoms with Crippen LogP contribution in [0.4, 0.5) is 14.5 Å². The third-order valence-electron chi connectivity index (χ3n) is 1.48. The molecule has 0 saturated heterocycles. The Hall–Kier alpha value is -1.89. The molecule has 1 aromatic rings. The van der Waals surface area contributed by atoms with Crippen molar-refractivity contribution in [3.63, 3.8) is 0 Å². The van der Waals surface area contributed by atoms with Crippen molar-refractivity contribution in [2.24, 2.45) is 0 Å². The van der Waals surface area contributed by atoms with Crippen LogP contribution < -0.4 is 5.73 Å². The maximum atomic E-state index is 13.0. The Bertz CT molecular complexity index is 391. The van der Waals surface area contributed by atoms with Crippen molar-refractivity contribution < 1.29 is 8.78 Å². The minimum absolute atomic E-state index is 0.00764. The highest BCUT2D eigenvalue weighted by Gasteiger charge is 2.08. The number of hydrogen-bond donors (Lipinski definition) is 1. The molecule has 4 heteroatoms. The molecule has 0 atom stereocenters. The quantitative estimate of drug-likeness (QED) is 0.531. The lowest BCUT2D eigenvalue weighted by Crippen LogP contribution is -1.96. The lowest BCUT2D eigenvalue weighted by molar-refractivity contribution is 0.510. The third-order valence-corrected chi connectivity index (χ3v) is 1.48. The first-order chi connectivity index (χ1) is 6.16. The van der Waals surface area contributed by atoms with E-state index in [0.29, 0.717) is 0 Å². The van der Waals surface area contributed by atoms with Crippen molar-refractivity contribution in [2.75, 3.05) is 5.73 Å². The van der Waals surface area contributed by atoms with Gasteiger partial charge in [-0.2, -0.15) is 5.26 Å². The summed E-state index contributed by atoms with van der Waals surface area (Å²) >= 11 is 0. The maximum absolute atomic E-state index is 13.0. The summed E-state index contributed by atoms with van der Waals surface area (Å²) in [6, 6.07) is 4.23. The van der Waals surface area contributed by atoms with Gasteiger partial charge in [0.2, 0.25) is 0 Å². The molecule has 0 aliphatic rings. The number of nitriles is 1. The lowest BCUT2D eigenvalue weighted by Gasteiger charge is -2.00. The second-order valence-corrected chi connectivity index (χ2v) is 2.33. The minimum Gasteiger partial charge on any atom is -0.396 e. The molecule has 0 aromatic heterocycles. The lowest BCUT2D eigenvalue weighted by atomic mass is 10.1. The Morgan fingerprint density at radius 2 is 2.00 bits per heavy atom. The zero-order chi connectivity index (χ0) is 9.84. The van der Waals surface area contributed by atoms with Gasteiger partial charge in [0, 0.05) is 11.6 Å². The Kier molecular flexibility index (Phi) is 2.60. The summed E-state index contributed by atoms with van der Waals surface area (Å²) in [6.07, 6.45) is 2.24. The molecule has 0 amide bonds. The minimum atomic E-state index is -1.08. The van der Waals surface area contributed by atoms with Gasteiger partial charge in [0.25, 0.3) is 0 Å². The molecule has 1 aromatic carbocycles. The third kappa shape index (κ3) is 1.82. The number of hydrogen-bond acceptors (Lipinski definition) is 2. The normalized spacial score (nSPS) is 10.2. The topological polar surface area (TPSA) is 49.8 Å². The van der Waals surface area contributed by atoms with Crippen molar-refractivity contribution in [3.8, 4) is 6.07 Å². The molecule has 2 nitrogen and oxygen atoms in total. The van der Waals surface area contributed by atoms with Gasteiger partial charge in [-0.25, -0.2) is 8.78 Å². The van der Waals surface area contributed by atoms with Crippen LogP contribution in [0.3, 0.4) is 0 Å². The van der Waals surface area contributed by atoms with Crippen LogP contribution in [0.5, 0.6) is 0 Å². The highest BCUT2D eigenvalue weighted by molar-refractivity contribution is 5.56. The van der Waals surface area contributed by atoms with Crippen molar-refractivity contribution in [3.05, 3.63) is 35.4 Å². The first-order valence-corrected chi connectivity index (χ1v) is 3.46. The van der Waals surface area contributed by atoms with E-state index in [1.54, 1.807) is 6.07 Å². The Labute approximate surface area is 73.9 Å². The van der Waals surface area contributed by atoms with Crippen LogP contribution in [-0.4, -0.2) is 0 Å². The molecule has 2 N–H and O–H groups in total. The van der Waals surface area contributed by atoms with E-state index in [-0.39, 0.29) is 11.3 Å². The fourth-order valence-corrected chi connectivity index (χ4v) is 0.835. The molecule has 0 radical (unpaired) electrons. The predicted molar refractivity (Wildman–Crippen MR) is 45.4 cm³/mol. The standard InChI is InChI=1S/C9H6F2N2/c10-8-6(2-1-5-12)3-4-7(13)9(8)11/h1-4H,13H2. The molecule has 0 heterocycles. The number of rotatable bonds is 1. The zero-order valence-electron chi connectivity index (χ0n) is 6.59. The van der Waals surface area contributed by atoms with Crippen LogP contribution in [0, 0.1) is 23.0 Å². The molecule has 0 bridgehead atoms. The van der Waals surface area contributed by atoms with Gasteiger partial charge < -0.3 is 5.73 Å². The Balaban J connectivity index is 3.20. The second-order valence-electron chi connectivity index (χ2n) is 2.33. The largest absolute Gasteiger partial charge is 0.396 e. The SMILES string of the molecule is N#CC=Cc1ccc(N)c(F)c1F. The van der Waals surface area contributed by atoms with Gasteiger partial charge in [-0.1, -0.05) is 0 Å². The molecule has 0 aliphatic carbocycles. The average molecular weight is 180 g/mol. The fraction of sp³-hybridized carbons (Fsp3) is 0. The summed E-state index contributed by atoms with van der Waals surface area (Å²) in [4.78, 5) is 0. The summed E-state index contributed by atoms with van der Waals surface area (Å²) in [7, 11) is 0. The summed E-state index contributed by atoms with van der Waals surface area (Å²) in [5, 5.41) is 8.16. The highest BCUT2D eigenvalue weighted by Crippen LogP contribution is 2.18. The van der Waals surface area contributed by atoms with Crippen molar-refractivity contribution in [1.82, 2.24) is 0 Å². The van der Waals surface area contributed by atoms with Crippen LogP contribution in [0.25, 0.3) is 6.08 Å². The summed E-state index contributed by atoms with van der Waals surface area (Å²) in [5.41, 5.74) is 4.88. The number of nitrogens with two attached hydrogens (primary N) is 1. The van der Waals surface area contributed by atoms with Crippen LogP contribution >= 0.6 is 0 Å². The van der Waals surface area contributed by atoms with E-state index in [0.717, 1.165) is 6.08 Å². The maximum Gasteiger partial charge on any atom is 0.182 e. The molecule has 0 saturated carbocycles. The van der Waals surface area contributed by atoms with Gasteiger partial charge in [-0.05, 0) is 18.2 Å². The van der Waals surface area contributed by atoms with E-state index in [1.807, 2.05) is 0 Å². The van der Waals surface area contributed by atoms with Crippen molar-refractivity contribution >= 4 is 11.8 Å². The van der Waals surface area contributed by atoms with E-state index < -0.39 is 11.6 Å². The monoisotopic (exact) mass is 180 g/mol.